The van der Waals surface area contributed by atoms with Gasteiger partial charge in [0.05, 0.1) is 10.2 Å². The van der Waals surface area contributed by atoms with Gasteiger partial charge < -0.3 is 4.42 Å². The molecule has 0 amide bonds. The molecule has 1 aromatic heterocycles. The molecule has 3 aromatic carbocycles. The number of hydrogen-bond donors (Lipinski definition) is 0. The normalized spacial score (nSPS) is 12.9. The lowest BCUT2D eigenvalue weighted by atomic mass is 9.74. The molecule has 0 atom stereocenters. The quantitative estimate of drug-likeness (QED) is 0.200. The first-order valence-corrected chi connectivity index (χ1v) is 12.9. The Kier molecular flexibility index (Phi) is 6.14. The minimum absolute atomic E-state index is 0.0309. The minimum Gasteiger partial charge on any atom is -0.456 e. The second kappa shape index (κ2) is 8.53. The highest BCUT2D eigenvalue weighted by atomic mass is 32.1. The monoisotopic (exact) mass is 471 g/mol. The number of para-hydroxylation sites is 2. The minimum atomic E-state index is -0.0309. The zero-order chi connectivity index (χ0) is 24.9. The van der Waals surface area contributed by atoms with Gasteiger partial charge in [-0.15, -0.1) is 0 Å². The molecule has 0 aliphatic carbocycles. The highest BCUT2D eigenvalue weighted by Crippen LogP contribution is 2.43. The first-order chi connectivity index (χ1) is 15.8. The molecule has 0 bridgehead atoms. The summed E-state index contributed by atoms with van der Waals surface area (Å²) in [5, 5.41) is 2.19. The molecule has 34 heavy (non-hydrogen) atoms. The molecule has 178 valence electrons. The van der Waals surface area contributed by atoms with Gasteiger partial charge in [0.1, 0.15) is 11.2 Å². The Balaban J connectivity index is 2.18. The third kappa shape index (κ3) is 4.77. The Morgan fingerprint density at radius 1 is 0.618 bits per heavy atom. The number of benzene rings is 3. The van der Waals surface area contributed by atoms with E-state index in [0.29, 0.717) is 0 Å². The van der Waals surface area contributed by atoms with Crippen molar-refractivity contribution in [3.63, 3.8) is 0 Å². The van der Waals surface area contributed by atoms with Crippen LogP contribution >= 0.6 is 0 Å². The van der Waals surface area contributed by atoms with Crippen molar-refractivity contribution in [2.45, 2.75) is 78.6 Å². The predicted octanol–water partition coefficient (Wildman–Crippen LogP) is 9.61. The molecule has 0 radical (unpaired) electrons. The van der Waals surface area contributed by atoms with Gasteiger partial charge in [-0.2, -0.15) is 4.36 Å². The van der Waals surface area contributed by atoms with Crippen LogP contribution in [0.2, 0.25) is 0 Å². The van der Waals surface area contributed by atoms with Gasteiger partial charge in [0.25, 0.3) is 0 Å². The van der Waals surface area contributed by atoms with E-state index in [4.69, 9.17) is 8.78 Å². The maximum atomic E-state index is 6.19. The van der Waals surface area contributed by atoms with E-state index in [2.05, 4.69) is 98.7 Å². The summed E-state index contributed by atoms with van der Waals surface area (Å²) in [5.41, 5.74) is 6.83. The molecular formula is C31H37NOS. The Labute approximate surface area is 207 Å². The maximum absolute atomic E-state index is 6.19. The van der Waals surface area contributed by atoms with Crippen LogP contribution in [0.3, 0.4) is 0 Å². The fourth-order valence-corrected chi connectivity index (χ4v) is 5.16. The SMILES string of the molecule is CC(C)(C)c1cc(C(C)(C)C)c(N=S=c2c3ccccc3oc3ccccc23)c(C(C)(C)C)c1. The van der Waals surface area contributed by atoms with Crippen molar-refractivity contribution in [1.82, 2.24) is 0 Å². The van der Waals surface area contributed by atoms with E-state index in [1.165, 1.54) is 16.7 Å². The van der Waals surface area contributed by atoms with Gasteiger partial charge in [0, 0.05) is 10.8 Å². The van der Waals surface area contributed by atoms with Crippen molar-refractivity contribution in [3.05, 3.63) is 81.9 Å². The first-order valence-electron chi connectivity index (χ1n) is 12.1. The highest BCUT2D eigenvalue weighted by molar-refractivity contribution is 7.60. The molecule has 0 unspecified atom stereocenters. The summed E-state index contributed by atoms with van der Waals surface area (Å²) in [6, 6.07) is 21.3. The van der Waals surface area contributed by atoms with Crippen molar-refractivity contribution in [2.75, 3.05) is 0 Å². The lowest BCUT2D eigenvalue weighted by Crippen LogP contribution is -2.21. The largest absolute Gasteiger partial charge is 0.456 e. The van der Waals surface area contributed by atoms with E-state index in [9.17, 15) is 0 Å². The summed E-state index contributed by atoms with van der Waals surface area (Å²) in [5.74, 6) is 0. The van der Waals surface area contributed by atoms with Crippen LogP contribution in [0, 0.1) is 4.51 Å². The molecule has 2 nitrogen and oxygen atoms in total. The molecule has 0 aliphatic rings. The Bertz CT molecular complexity index is 1390. The maximum Gasteiger partial charge on any atom is 0.136 e. The van der Waals surface area contributed by atoms with Crippen LogP contribution in [0.25, 0.3) is 21.9 Å². The molecule has 0 aliphatic heterocycles. The van der Waals surface area contributed by atoms with Gasteiger partial charge >= 0.3 is 0 Å². The second-order valence-corrected chi connectivity index (χ2v) is 13.0. The van der Waals surface area contributed by atoms with E-state index in [1.807, 2.05) is 24.3 Å². The average molecular weight is 472 g/mol. The van der Waals surface area contributed by atoms with E-state index in [-0.39, 0.29) is 16.2 Å². The van der Waals surface area contributed by atoms with Gasteiger partial charge in [-0.3, -0.25) is 0 Å². The molecule has 0 fully saturated rings. The number of hydrogen-bond acceptors (Lipinski definition) is 2. The number of fused-ring (bicyclic) bond motifs is 2. The van der Waals surface area contributed by atoms with Crippen LogP contribution in [0.15, 0.2) is 69.4 Å². The highest BCUT2D eigenvalue weighted by Gasteiger charge is 2.29. The molecule has 1 heterocycles. The number of rotatable bonds is 1. The third-order valence-electron chi connectivity index (χ3n) is 6.30. The lowest BCUT2D eigenvalue weighted by Gasteiger charge is -2.31. The smallest absolute Gasteiger partial charge is 0.136 e. The van der Waals surface area contributed by atoms with Crippen molar-refractivity contribution in [3.8, 4) is 0 Å². The van der Waals surface area contributed by atoms with Gasteiger partial charge in [-0.1, -0.05) is 98.7 Å². The van der Waals surface area contributed by atoms with Crippen LogP contribution in [0.1, 0.15) is 79.0 Å². The van der Waals surface area contributed by atoms with E-state index in [1.54, 1.807) is 11.1 Å². The topological polar surface area (TPSA) is 25.5 Å². The zero-order valence-corrected chi connectivity index (χ0v) is 22.9. The van der Waals surface area contributed by atoms with Crippen molar-refractivity contribution >= 4 is 38.8 Å². The van der Waals surface area contributed by atoms with E-state index < -0.39 is 0 Å². The van der Waals surface area contributed by atoms with Crippen molar-refractivity contribution < 1.29 is 4.42 Å². The molecule has 0 saturated carbocycles. The predicted molar refractivity (Wildman–Crippen MR) is 149 cm³/mol. The van der Waals surface area contributed by atoms with Crippen molar-refractivity contribution in [1.29, 1.82) is 0 Å². The van der Waals surface area contributed by atoms with Crippen molar-refractivity contribution in [2.24, 2.45) is 4.36 Å². The van der Waals surface area contributed by atoms with Crippen LogP contribution in [0.5, 0.6) is 0 Å². The average Bonchev–Trinajstić information content (AvgIpc) is 2.74. The second-order valence-electron chi connectivity index (χ2n) is 12.3. The van der Waals surface area contributed by atoms with E-state index in [0.717, 1.165) is 32.1 Å². The van der Waals surface area contributed by atoms with Gasteiger partial charge in [0.15, 0.2) is 0 Å². The molecule has 4 rings (SSSR count). The third-order valence-corrected chi connectivity index (χ3v) is 7.20. The molecule has 4 aromatic rings. The number of nitrogens with zero attached hydrogens (tertiary/aromatic N) is 1. The van der Waals surface area contributed by atoms with E-state index >= 15 is 0 Å². The summed E-state index contributed by atoms with van der Waals surface area (Å²) in [7, 11) is 0. The molecule has 0 spiro atoms. The summed E-state index contributed by atoms with van der Waals surface area (Å²) in [6.07, 6.45) is 0. The van der Waals surface area contributed by atoms with Crippen LogP contribution < -0.4 is 0 Å². The Morgan fingerprint density at radius 2 is 1.06 bits per heavy atom. The van der Waals surface area contributed by atoms with Crippen LogP contribution in [-0.4, -0.2) is 0 Å². The molecule has 0 N–H and O–H groups in total. The zero-order valence-electron chi connectivity index (χ0n) is 22.0. The Hall–Kier alpha value is -2.65. The summed E-state index contributed by atoms with van der Waals surface area (Å²) >= 11 is 1.57. The van der Waals surface area contributed by atoms with Crippen LogP contribution in [0.4, 0.5) is 5.69 Å². The summed E-state index contributed by atoms with van der Waals surface area (Å²) in [4.78, 5) is 0. The van der Waals surface area contributed by atoms with Gasteiger partial charge in [0.2, 0.25) is 0 Å². The Morgan fingerprint density at radius 3 is 1.47 bits per heavy atom. The lowest BCUT2D eigenvalue weighted by molar-refractivity contribution is 0.550. The molecular weight excluding hydrogens is 434 g/mol. The van der Waals surface area contributed by atoms with Gasteiger partial charge in [-0.25, -0.2) is 0 Å². The molecule has 0 saturated heterocycles. The first kappa shape index (κ1) is 24.5. The fourth-order valence-electron chi connectivity index (χ4n) is 4.25. The molecule has 3 heteroatoms. The summed E-state index contributed by atoms with van der Waals surface area (Å²) in [6.45, 7) is 20.6. The standard InChI is InChI=1S/C31H37NOS/c1-29(2,3)20-18-23(30(4,5)6)27(24(19-20)31(7,8)9)32-34-28-21-14-10-12-16-25(21)33-26-17-13-11-15-22(26)28/h10-19H,1-9H3. The van der Waals surface area contributed by atoms with Crippen LogP contribution in [-0.2, 0) is 27.4 Å². The summed E-state index contributed by atoms with van der Waals surface area (Å²) < 4.78 is 12.6. The van der Waals surface area contributed by atoms with Gasteiger partial charge in [-0.05, 0) is 68.3 Å². The fraction of sp³-hybridized carbons (Fsp3) is 0.387.